The Morgan fingerprint density at radius 2 is 2.05 bits per heavy atom. The second-order valence-corrected chi connectivity index (χ2v) is 4.82. The fourth-order valence-electron chi connectivity index (χ4n) is 1.84. The number of methoxy groups -OCH3 is 2. The van der Waals surface area contributed by atoms with Crippen molar-refractivity contribution in [1.82, 2.24) is 5.32 Å². The van der Waals surface area contributed by atoms with E-state index in [2.05, 4.69) is 5.32 Å². The maximum absolute atomic E-state index is 13.7. The van der Waals surface area contributed by atoms with Gasteiger partial charge in [-0.1, -0.05) is 6.07 Å². The maximum Gasteiger partial charge on any atom is 0.330 e. The van der Waals surface area contributed by atoms with Crippen LogP contribution in [0.3, 0.4) is 0 Å². The van der Waals surface area contributed by atoms with Crippen molar-refractivity contribution < 1.29 is 28.6 Å². The van der Waals surface area contributed by atoms with Crippen molar-refractivity contribution in [2.75, 3.05) is 14.2 Å². The minimum absolute atomic E-state index is 0.00753. The normalized spacial score (nSPS) is 13.3. The fourth-order valence-corrected chi connectivity index (χ4v) is 1.84. The van der Waals surface area contributed by atoms with Crippen LogP contribution in [0.1, 0.15) is 31.4 Å². The number of ether oxygens (including phenoxy) is 2. The quantitative estimate of drug-likeness (QED) is 0.765. The first kappa shape index (κ1) is 17.9. The lowest BCUT2D eigenvalue weighted by molar-refractivity contribution is -0.142. The number of carbonyl (C=O) groups is 2. The molecule has 1 rings (SSSR count). The van der Waals surface area contributed by atoms with Crippen LogP contribution < -0.4 is 10.1 Å². The summed E-state index contributed by atoms with van der Waals surface area (Å²) in [6.45, 7) is 1.81. The number of hydrogen-bond acceptors (Lipinski definition) is 4. The predicted molar refractivity (Wildman–Crippen MR) is 77.2 cm³/mol. The van der Waals surface area contributed by atoms with Crippen LogP contribution in [0.15, 0.2) is 18.2 Å². The molecule has 1 aromatic carbocycles. The second-order valence-electron chi connectivity index (χ2n) is 4.82. The Morgan fingerprint density at radius 1 is 1.36 bits per heavy atom. The predicted octanol–water partition coefficient (Wildman–Crippen LogP) is 1.89. The molecule has 122 valence electrons. The summed E-state index contributed by atoms with van der Waals surface area (Å²) in [7, 11) is 2.84. The summed E-state index contributed by atoms with van der Waals surface area (Å²) < 4.78 is 23.5. The topological polar surface area (TPSA) is 84.9 Å². The summed E-state index contributed by atoms with van der Waals surface area (Å²) in [5.41, 5.74) is 0.138. The Hall–Kier alpha value is -2.15. The van der Waals surface area contributed by atoms with Gasteiger partial charge in [0.25, 0.3) is 0 Å². The first-order valence-electron chi connectivity index (χ1n) is 6.77. The largest absolute Gasteiger partial charge is 0.494 e. The van der Waals surface area contributed by atoms with Crippen LogP contribution in [0.4, 0.5) is 4.39 Å². The monoisotopic (exact) mass is 313 g/mol. The van der Waals surface area contributed by atoms with Crippen molar-refractivity contribution >= 4 is 11.9 Å². The number of amides is 1. The molecule has 0 radical (unpaired) electrons. The summed E-state index contributed by atoms with van der Waals surface area (Å²) in [6.07, 6.45) is 0.482. The Labute approximate surface area is 128 Å². The van der Waals surface area contributed by atoms with E-state index < -0.39 is 23.7 Å². The van der Waals surface area contributed by atoms with Crippen LogP contribution in [-0.4, -0.2) is 37.3 Å². The van der Waals surface area contributed by atoms with Crippen LogP contribution in [0.2, 0.25) is 0 Å². The van der Waals surface area contributed by atoms with Gasteiger partial charge >= 0.3 is 5.97 Å². The molecule has 0 aromatic heterocycles. The zero-order chi connectivity index (χ0) is 16.7. The Morgan fingerprint density at radius 3 is 2.55 bits per heavy atom. The molecule has 2 unspecified atom stereocenters. The molecule has 0 fully saturated rings. The summed E-state index contributed by atoms with van der Waals surface area (Å²) in [5, 5.41) is 11.6. The van der Waals surface area contributed by atoms with Crippen molar-refractivity contribution in [3.8, 4) is 5.75 Å². The average molecular weight is 313 g/mol. The first-order chi connectivity index (χ1) is 10.4. The highest BCUT2D eigenvalue weighted by molar-refractivity contribution is 5.84. The van der Waals surface area contributed by atoms with Gasteiger partial charge in [-0.3, -0.25) is 4.79 Å². The van der Waals surface area contributed by atoms with Gasteiger partial charge in [-0.2, -0.15) is 0 Å². The van der Waals surface area contributed by atoms with Crippen LogP contribution in [-0.2, 0) is 14.3 Å². The van der Waals surface area contributed by atoms with Gasteiger partial charge in [0.2, 0.25) is 5.91 Å². The van der Waals surface area contributed by atoms with E-state index in [-0.39, 0.29) is 23.8 Å². The van der Waals surface area contributed by atoms with E-state index >= 15 is 0 Å². The molecule has 0 aliphatic heterocycles. The lowest BCUT2D eigenvalue weighted by Crippen LogP contribution is -2.34. The minimum atomic E-state index is -1.31. The van der Waals surface area contributed by atoms with Gasteiger partial charge in [0.05, 0.1) is 13.2 Å². The molecule has 1 aromatic rings. The van der Waals surface area contributed by atoms with Crippen LogP contribution in [0, 0.1) is 5.82 Å². The van der Waals surface area contributed by atoms with E-state index in [4.69, 9.17) is 9.47 Å². The Balaban J connectivity index is 2.79. The van der Waals surface area contributed by atoms with Crippen molar-refractivity contribution in [3.05, 3.63) is 29.6 Å². The molecule has 0 saturated heterocycles. The number of carboxylic acids is 1. The zero-order valence-corrected chi connectivity index (χ0v) is 12.8. The third-order valence-corrected chi connectivity index (χ3v) is 3.24. The van der Waals surface area contributed by atoms with Crippen molar-refractivity contribution in [2.45, 2.75) is 31.9 Å². The number of halogens is 1. The third kappa shape index (κ3) is 5.00. The van der Waals surface area contributed by atoms with Gasteiger partial charge < -0.3 is 19.9 Å². The zero-order valence-electron chi connectivity index (χ0n) is 12.8. The first-order valence-corrected chi connectivity index (χ1v) is 6.77. The van der Waals surface area contributed by atoms with Crippen molar-refractivity contribution in [2.24, 2.45) is 0 Å². The van der Waals surface area contributed by atoms with E-state index in [1.54, 1.807) is 6.92 Å². The molecular formula is C15H20FNO5. The molecule has 0 bridgehead atoms. The Kier molecular flexibility index (Phi) is 6.78. The van der Waals surface area contributed by atoms with Gasteiger partial charge in [-0.15, -0.1) is 0 Å². The number of carboxylic acid groups (broad SMARTS) is 1. The van der Waals surface area contributed by atoms with E-state index in [0.717, 1.165) is 6.07 Å². The molecule has 22 heavy (non-hydrogen) atoms. The number of aliphatic carboxylic acids is 1. The summed E-state index contributed by atoms with van der Waals surface area (Å²) >= 11 is 0. The molecule has 2 N–H and O–H groups in total. The van der Waals surface area contributed by atoms with Gasteiger partial charge in [0.15, 0.2) is 17.6 Å². The smallest absolute Gasteiger partial charge is 0.330 e. The van der Waals surface area contributed by atoms with E-state index in [1.165, 1.54) is 26.4 Å². The number of nitrogens with one attached hydrogen (secondary N) is 1. The lowest BCUT2D eigenvalue weighted by Gasteiger charge is -2.16. The van der Waals surface area contributed by atoms with Crippen LogP contribution >= 0.6 is 0 Å². The second kappa shape index (κ2) is 8.33. The fraction of sp³-hybridized carbons (Fsp3) is 0.467. The van der Waals surface area contributed by atoms with Gasteiger partial charge in [0, 0.05) is 13.5 Å². The van der Waals surface area contributed by atoms with E-state index in [9.17, 15) is 19.1 Å². The van der Waals surface area contributed by atoms with E-state index in [0.29, 0.717) is 6.42 Å². The molecule has 0 spiro atoms. The molecule has 0 saturated carbocycles. The highest BCUT2D eigenvalue weighted by Crippen LogP contribution is 2.22. The highest BCUT2D eigenvalue weighted by Gasteiger charge is 2.23. The number of hydrogen-bond donors (Lipinski definition) is 2. The number of benzene rings is 1. The molecule has 0 aliphatic carbocycles. The summed E-state index contributed by atoms with van der Waals surface area (Å²) in [6, 6.07) is 2.44. The van der Waals surface area contributed by atoms with Gasteiger partial charge in [-0.25, -0.2) is 9.18 Å². The SMILES string of the molecule is COc1ccc(C(NC(=O)CCC(C)OC)C(=O)O)cc1F. The van der Waals surface area contributed by atoms with Gasteiger partial charge in [-0.05, 0) is 31.0 Å². The van der Waals surface area contributed by atoms with Crippen molar-refractivity contribution in [3.63, 3.8) is 0 Å². The lowest BCUT2D eigenvalue weighted by atomic mass is 10.1. The molecule has 0 heterocycles. The standard InChI is InChI=1S/C15H20FNO5/c1-9(21-2)4-7-13(18)17-14(15(19)20)10-5-6-12(22-3)11(16)8-10/h5-6,8-9,14H,4,7H2,1-3H3,(H,17,18)(H,19,20). The molecule has 6 nitrogen and oxygen atoms in total. The highest BCUT2D eigenvalue weighted by atomic mass is 19.1. The summed E-state index contributed by atoms with van der Waals surface area (Å²) in [4.78, 5) is 23.1. The summed E-state index contributed by atoms with van der Waals surface area (Å²) in [5.74, 6) is -2.38. The minimum Gasteiger partial charge on any atom is -0.494 e. The molecular weight excluding hydrogens is 293 g/mol. The van der Waals surface area contributed by atoms with Crippen LogP contribution in [0.5, 0.6) is 5.75 Å². The van der Waals surface area contributed by atoms with Gasteiger partial charge in [0.1, 0.15) is 0 Å². The number of carbonyl (C=O) groups excluding carboxylic acids is 1. The average Bonchev–Trinajstić information content (AvgIpc) is 2.49. The van der Waals surface area contributed by atoms with Crippen LogP contribution in [0.25, 0.3) is 0 Å². The third-order valence-electron chi connectivity index (χ3n) is 3.24. The molecule has 2 atom stereocenters. The number of rotatable bonds is 8. The molecule has 0 aliphatic rings. The molecule has 1 amide bonds. The maximum atomic E-state index is 13.7. The van der Waals surface area contributed by atoms with Crippen molar-refractivity contribution in [1.29, 1.82) is 0 Å². The molecule has 7 heteroatoms. The Bertz CT molecular complexity index is 535. The van der Waals surface area contributed by atoms with E-state index in [1.807, 2.05) is 0 Å².